The normalized spacial score (nSPS) is 12.1. The molecule has 94 valence electrons. The number of benzene rings is 1. The summed E-state index contributed by atoms with van der Waals surface area (Å²) in [6.07, 6.45) is 3.88. The monoisotopic (exact) mass is 245 g/mol. The molecule has 0 aliphatic carbocycles. The number of phenolic OH excluding ortho intramolecular Hbond substituents is 1. The molecule has 2 aromatic rings. The molecule has 5 heteroatoms. The van der Waals surface area contributed by atoms with E-state index in [9.17, 15) is 4.79 Å². The van der Waals surface area contributed by atoms with E-state index in [0.717, 1.165) is 5.56 Å². The largest absolute Gasteiger partial charge is 0.508 e. The summed E-state index contributed by atoms with van der Waals surface area (Å²) in [6, 6.07) is 9.64. The zero-order chi connectivity index (χ0) is 13.0. The van der Waals surface area contributed by atoms with Gasteiger partial charge in [0, 0.05) is 12.4 Å². The van der Waals surface area contributed by atoms with Crippen molar-refractivity contribution in [2.24, 2.45) is 5.73 Å². The Morgan fingerprint density at radius 2 is 1.89 bits per heavy atom. The average Bonchev–Trinajstić information content (AvgIpc) is 2.85. The molecule has 0 aliphatic heterocycles. The summed E-state index contributed by atoms with van der Waals surface area (Å²) < 4.78 is 1.55. The van der Waals surface area contributed by atoms with E-state index in [-0.39, 0.29) is 11.7 Å². The minimum absolute atomic E-state index is 0.198. The van der Waals surface area contributed by atoms with Crippen LogP contribution in [0.1, 0.15) is 5.56 Å². The summed E-state index contributed by atoms with van der Waals surface area (Å²) in [5.74, 6) is -0.0524. The fraction of sp³-hybridized carbons (Fsp3) is 0.154. The third kappa shape index (κ3) is 3.11. The van der Waals surface area contributed by atoms with Gasteiger partial charge in [-0.15, -0.1) is 0 Å². The van der Waals surface area contributed by atoms with Crippen molar-refractivity contribution >= 4 is 5.91 Å². The van der Waals surface area contributed by atoms with E-state index in [1.807, 2.05) is 12.1 Å². The number of rotatable bonds is 4. The topological polar surface area (TPSA) is 80.3 Å². The molecule has 0 aliphatic rings. The van der Waals surface area contributed by atoms with Gasteiger partial charge in [-0.2, -0.15) is 0 Å². The Morgan fingerprint density at radius 3 is 2.50 bits per heavy atom. The van der Waals surface area contributed by atoms with Crippen molar-refractivity contribution in [3.63, 3.8) is 0 Å². The van der Waals surface area contributed by atoms with Crippen molar-refractivity contribution in [2.45, 2.75) is 12.5 Å². The molecule has 0 fully saturated rings. The van der Waals surface area contributed by atoms with E-state index in [1.165, 1.54) is 0 Å². The number of nitrogens with zero attached hydrogens (tertiary/aromatic N) is 1. The smallest absolute Gasteiger partial charge is 0.256 e. The Hall–Kier alpha value is -2.27. The second kappa shape index (κ2) is 5.37. The van der Waals surface area contributed by atoms with Crippen molar-refractivity contribution in [1.82, 2.24) is 4.68 Å². The molecule has 0 saturated carbocycles. The second-order valence-corrected chi connectivity index (χ2v) is 4.04. The summed E-state index contributed by atoms with van der Waals surface area (Å²) in [5, 5.41) is 9.16. The number of hydrogen-bond donors (Lipinski definition) is 3. The van der Waals surface area contributed by atoms with Crippen LogP contribution in [0.25, 0.3) is 0 Å². The summed E-state index contributed by atoms with van der Waals surface area (Å²) in [6.45, 7) is 0. The van der Waals surface area contributed by atoms with Gasteiger partial charge < -0.3 is 10.8 Å². The Balaban J connectivity index is 1.93. The SMILES string of the molecule is N[C@H](Cc1ccc(O)cc1)C(=O)Nn1cccc1. The Morgan fingerprint density at radius 1 is 1.28 bits per heavy atom. The number of hydrogen-bond acceptors (Lipinski definition) is 3. The van der Waals surface area contributed by atoms with Gasteiger partial charge >= 0.3 is 0 Å². The summed E-state index contributed by atoms with van der Waals surface area (Å²) >= 11 is 0. The van der Waals surface area contributed by atoms with Gasteiger partial charge in [0.1, 0.15) is 5.75 Å². The van der Waals surface area contributed by atoms with Crippen molar-refractivity contribution in [3.05, 3.63) is 54.4 Å². The van der Waals surface area contributed by atoms with E-state index in [1.54, 1.807) is 41.3 Å². The van der Waals surface area contributed by atoms with Crippen LogP contribution in [0, 0.1) is 0 Å². The highest BCUT2D eigenvalue weighted by Crippen LogP contribution is 2.10. The van der Waals surface area contributed by atoms with Gasteiger partial charge in [-0.3, -0.25) is 14.9 Å². The fourth-order valence-corrected chi connectivity index (χ4v) is 1.60. The Bertz CT molecular complexity index is 506. The maximum atomic E-state index is 11.8. The van der Waals surface area contributed by atoms with E-state index >= 15 is 0 Å². The van der Waals surface area contributed by atoms with Crippen molar-refractivity contribution in [3.8, 4) is 5.75 Å². The average molecular weight is 245 g/mol. The Kier molecular flexibility index (Phi) is 3.64. The van der Waals surface area contributed by atoms with Gasteiger partial charge in [0.2, 0.25) is 0 Å². The van der Waals surface area contributed by atoms with E-state index in [2.05, 4.69) is 5.43 Å². The summed E-state index contributed by atoms with van der Waals surface area (Å²) in [7, 11) is 0. The number of carbonyl (C=O) groups excluding carboxylic acids is 1. The van der Waals surface area contributed by atoms with E-state index in [0.29, 0.717) is 6.42 Å². The maximum absolute atomic E-state index is 11.8. The number of nitrogens with two attached hydrogens (primary N) is 1. The van der Waals surface area contributed by atoms with Gasteiger partial charge in [-0.05, 0) is 36.2 Å². The number of aromatic nitrogens is 1. The van der Waals surface area contributed by atoms with Crippen LogP contribution in [0.2, 0.25) is 0 Å². The highest BCUT2D eigenvalue weighted by atomic mass is 16.3. The first-order valence-electron chi connectivity index (χ1n) is 5.62. The molecule has 1 heterocycles. The van der Waals surface area contributed by atoms with Gasteiger partial charge in [0.05, 0.1) is 6.04 Å². The predicted octanol–water partition coefficient (Wildman–Crippen LogP) is 0.834. The molecular weight excluding hydrogens is 230 g/mol. The third-order valence-electron chi connectivity index (χ3n) is 2.57. The molecule has 18 heavy (non-hydrogen) atoms. The molecule has 5 nitrogen and oxygen atoms in total. The van der Waals surface area contributed by atoms with Gasteiger partial charge in [0.25, 0.3) is 5.91 Å². The molecule has 0 saturated heterocycles. The standard InChI is InChI=1S/C13H15N3O2/c14-12(9-10-3-5-11(17)6-4-10)13(18)15-16-7-1-2-8-16/h1-8,12,17H,9,14H2,(H,15,18)/t12-/m1/s1. The minimum Gasteiger partial charge on any atom is -0.508 e. The number of phenols is 1. The maximum Gasteiger partial charge on any atom is 0.256 e. The number of aromatic hydroxyl groups is 1. The second-order valence-electron chi connectivity index (χ2n) is 4.04. The van der Waals surface area contributed by atoms with Gasteiger partial charge in [-0.1, -0.05) is 12.1 Å². The molecule has 1 atom stereocenters. The quantitative estimate of drug-likeness (QED) is 0.746. The highest BCUT2D eigenvalue weighted by molar-refractivity contribution is 5.88. The van der Waals surface area contributed by atoms with Crippen LogP contribution < -0.4 is 11.2 Å². The zero-order valence-corrected chi connectivity index (χ0v) is 9.78. The van der Waals surface area contributed by atoms with Crippen molar-refractivity contribution in [1.29, 1.82) is 0 Å². The van der Waals surface area contributed by atoms with E-state index < -0.39 is 6.04 Å². The van der Waals surface area contributed by atoms with Crippen LogP contribution in [0.3, 0.4) is 0 Å². The molecule has 0 unspecified atom stereocenters. The third-order valence-corrected chi connectivity index (χ3v) is 2.57. The van der Waals surface area contributed by atoms with Crippen molar-refractivity contribution in [2.75, 3.05) is 5.43 Å². The highest BCUT2D eigenvalue weighted by Gasteiger charge is 2.13. The molecule has 0 bridgehead atoms. The first kappa shape index (κ1) is 12.2. The fourth-order valence-electron chi connectivity index (χ4n) is 1.60. The van der Waals surface area contributed by atoms with Gasteiger partial charge in [-0.25, -0.2) is 0 Å². The molecule has 1 aromatic heterocycles. The first-order valence-corrected chi connectivity index (χ1v) is 5.62. The van der Waals surface area contributed by atoms with Crippen LogP contribution in [-0.2, 0) is 11.2 Å². The first-order chi connectivity index (χ1) is 8.65. The summed E-state index contributed by atoms with van der Waals surface area (Å²) in [4.78, 5) is 11.8. The molecule has 2 rings (SSSR count). The summed E-state index contributed by atoms with van der Waals surface area (Å²) in [5.41, 5.74) is 9.38. The van der Waals surface area contributed by atoms with Crippen LogP contribution in [0.15, 0.2) is 48.8 Å². The molecule has 4 N–H and O–H groups in total. The van der Waals surface area contributed by atoms with Crippen molar-refractivity contribution < 1.29 is 9.90 Å². The van der Waals surface area contributed by atoms with Gasteiger partial charge in [0.15, 0.2) is 0 Å². The lowest BCUT2D eigenvalue weighted by atomic mass is 10.1. The van der Waals surface area contributed by atoms with Crippen LogP contribution >= 0.6 is 0 Å². The van der Waals surface area contributed by atoms with E-state index in [4.69, 9.17) is 10.8 Å². The van der Waals surface area contributed by atoms with Crippen LogP contribution in [0.4, 0.5) is 0 Å². The minimum atomic E-state index is -0.628. The molecule has 1 amide bonds. The lowest BCUT2D eigenvalue weighted by Crippen LogP contribution is -2.40. The zero-order valence-electron chi connectivity index (χ0n) is 9.78. The Labute approximate surface area is 105 Å². The molecule has 1 aromatic carbocycles. The predicted molar refractivity (Wildman–Crippen MR) is 68.6 cm³/mol. The molecular formula is C13H15N3O2. The number of nitrogens with one attached hydrogen (secondary N) is 1. The van der Waals surface area contributed by atoms with Crippen LogP contribution in [-0.4, -0.2) is 21.7 Å². The molecule has 0 spiro atoms. The number of amides is 1. The lowest BCUT2D eigenvalue weighted by molar-refractivity contribution is -0.118. The van der Waals surface area contributed by atoms with Crippen LogP contribution in [0.5, 0.6) is 5.75 Å². The molecule has 0 radical (unpaired) electrons. The lowest BCUT2D eigenvalue weighted by Gasteiger charge is -2.12. The number of carbonyl (C=O) groups is 1.